The van der Waals surface area contributed by atoms with Gasteiger partial charge in [0.15, 0.2) is 0 Å². The molecule has 1 saturated heterocycles. The summed E-state index contributed by atoms with van der Waals surface area (Å²) in [6.07, 6.45) is 7.54. The Hall–Kier alpha value is -0.870. The minimum atomic E-state index is -0.290. The summed E-state index contributed by atoms with van der Waals surface area (Å²) in [5, 5.41) is 9.74. The van der Waals surface area contributed by atoms with E-state index in [1.165, 1.54) is 0 Å². The lowest BCUT2D eigenvalue weighted by Gasteiger charge is -2.48. The molecule has 0 unspecified atom stereocenters. The first kappa shape index (κ1) is 15.5. The molecule has 4 heteroatoms. The van der Waals surface area contributed by atoms with E-state index in [1.807, 2.05) is 11.0 Å². The molecule has 0 radical (unpaired) electrons. The second kappa shape index (κ2) is 6.27. The monoisotopic (exact) mass is 281 g/mol. The van der Waals surface area contributed by atoms with E-state index in [0.29, 0.717) is 13.2 Å². The molecule has 0 aromatic carbocycles. The fourth-order valence-corrected chi connectivity index (χ4v) is 3.68. The van der Waals surface area contributed by atoms with Crippen LogP contribution in [0.15, 0.2) is 12.7 Å². The number of hydrogen-bond acceptors (Lipinski definition) is 3. The van der Waals surface area contributed by atoms with Gasteiger partial charge in [-0.2, -0.15) is 0 Å². The quantitative estimate of drug-likeness (QED) is 0.757. The third kappa shape index (κ3) is 2.77. The maximum Gasteiger partial charge on any atom is 0.231 e. The van der Waals surface area contributed by atoms with E-state index < -0.39 is 0 Å². The van der Waals surface area contributed by atoms with Gasteiger partial charge in [-0.15, -0.1) is 6.58 Å². The average molecular weight is 281 g/mol. The minimum absolute atomic E-state index is 0.125. The molecular weight excluding hydrogens is 254 g/mol. The molecule has 2 fully saturated rings. The molecule has 1 aliphatic carbocycles. The van der Waals surface area contributed by atoms with Gasteiger partial charge in [-0.1, -0.05) is 12.5 Å². The molecule has 1 amide bonds. The first-order valence-corrected chi connectivity index (χ1v) is 7.61. The second-order valence-electron chi connectivity index (χ2n) is 6.55. The van der Waals surface area contributed by atoms with Gasteiger partial charge in [0.2, 0.25) is 5.91 Å². The molecule has 1 atom stereocenters. The largest absolute Gasteiger partial charge is 0.396 e. The summed E-state index contributed by atoms with van der Waals surface area (Å²) in [4.78, 5) is 14.8. The van der Waals surface area contributed by atoms with Gasteiger partial charge in [0.05, 0.1) is 18.6 Å². The Morgan fingerprint density at radius 3 is 2.65 bits per heavy atom. The van der Waals surface area contributed by atoms with Gasteiger partial charge in [-0.25, -0.2) is 0 Å². The molecule has 0 aromatic rings. The van der Waals surface area contributed by atoms with Crippen molar-refractivity contribution in [3.8, 4) is 0 Å². The molecule has 0 spiro atoms. The third-order valence-electron chi connectivity index (χ3n) is 5.05. The van der Waals surface area contributed by atoms with Crippen LogP contribution in [-0.4, -0.2) is 49.3 Å². The van der Waals surface area contributed by atoms with Gasteiger partial charge < -0.3 is 14.7 Å². The summed E-state index contributed by atoms with van der Waals surface area (Å²) >= 11 is 0. The Kier molecular flexibility index (Phi) is 4.86. The highest BCUT2D eigenvalue weighted by molar-refractivity contribution is 5.84. The Bertz CT molecular complexity index is 365. The number of nitrogens with zero attached hydrogens (tertiary/aromatic N) is 1. The summed E-state index contributed by atoms with van der Waals surface area (Å²) < 4.78 is 5.27. The number of piperidine rings is 1. The average Bonchev–Trinajstić information content (AvgIpc) is 2.43. The van der Waals surface area contributed by atoms with Gasteiger partial charge in [-0.3, -0.25) is 4.79 Å². The van der Waals surface area contributed by atoms with E-state index in [-0.39, 0.29) is 23.3 Å². The molecule has 1 heterocycles. The van der Waals surface area contributed by atoms with Crippen LogP contribution >= 0.6 is 0 Å². The maximum absolute atomic E-state index is 12.8. The lowest BCUT2D eigenvalue weighted by molar-refractivity contribution is -0.156. The Balaban J connectivity index is 2.08. The lowest BCUT2D eigenvalue weighted by Crippen LogP contribution is -2.55. The number of carbonyl (C=O) groups excluding carboxylic acids is 1. The number of carbonyl (C=O) groups is 1. The Morgan fingerprint density at radius 1 is 1.40 bits per heavy atom. The first-order valence-electron chi connectivity index (χ1n) is 7.61. The maximum atomic E-state index is 12.8. The molecule has 114 valence electrons. The molecule has 2 aliphatic rings. The van der Waals surface area contributed by atoms with E-state index in [2.05, 4.69) is 6.58 Å². The highest BCUT2D eigenvalue weighted by Crippen LogP contribution is 2.44. The van der Waals surface area contributed by atoms with Crippen LogP contribution in [-0.2, 0) is 9.53 Å². The molecule has 1 aliphatic heterocycles. The van der Waals surface area contributed by atoms with Crippen molar-refractivity contribution in [1.29, 1.82) is 0 Å². The predicted molar refractivity (Wildman–Crippen MR) is 78.3 cm³/mol. The normalized spacial score (nSPS) is 28.8. The van der Waals surface area contributed by atoms with Crippen LogP contribution in [0.1, 0.15) is 38.5 Å². The fraction of sp³-hybridized carbons (Fsp3) is 0.812. The molecule has 0 bridgehead atoms. The number of aliphatic hydroxyl groups excluding tert-OH is 1. The van der Waals surface area contributed by atoms with E-state index in [0.717, 1.165) is 45.1 Å². The Labute approximate surface area is 121 Å². The molecule has 20 heavy (non-hydrogen) atoms. The van der Waals surface area contributed by atoms with Crippen molar-refractivity contribution in [2.45, 2.75) is 38.5 Å². The van der Waals surface area contributed by atoms with E-state index in [1.54, 1.807) is 7.11 Å². The highest BCUT2D eigenvalue weighted by Gasteiger charge is 2.48. The van der Waals surface area contributed by atoms with Crippen molar-refractivity contribution in [3.63, 3.8) is 0 Å². The van der Waals surface area contributed by atoms with Crippen molar-refractivity contribution in [2.75, 3.05) is 33.4 Å². The molecule has 4 nitrogen and oxygen atoms in total. The number of aliphatic hydroxyl groups is 1. The van der Waals surface area contributed by atoms with Crippen molar-refractivity contribution >= 4 is 5.91 Å². The molecule has 2 rings (SSSR count). The van der Waals surface area contributed by atoms with Gasteiger partial charge in [0.1, 0.15) is 0 Å². The fourth-order valence-electron chi connectivity index (χ4n) is 3.68. The molecule has 1 saturated carbocycles. The lowest BCUT2D eigenvalue weighted by atomic mass is 9.67. The second-order valence-corrected chi connectivity index (χ2v) is 6.55. The van der Waals surface area contributed by atoms with Gasteiger partial charge >= 0.3 is 0 Å². The van der Waals surface area contributed by atoms with Crippen molar-refractivity contribution < 1.29 is 14.6 Å². The zero-order valence-electron chi connectivity index (χ0n) is 12.6. The number of allylic oxidation sites excluding steroid dienone is 1. The van der Waals surface area contributed by atoms with Gasteiger partial charge in [0, 0.05) is 25.6 Å². The number of methoxy groups -OCH3 is 1. The van der Waals surface area contributed by atoms with Gasteiger partial charge in [-0.05, 0) is 32.1 Å². The van der Waals surface area contributed by atoms with Crippen molar-refractivity contribution in [1.82, 2.24) is 4.90 Å². The van der Waals surface area contributed by atoms with E-state index in [4.69, 9.17) is 4.74 Å². The Morgan fingerprint density at radius 2 is 2.15 bits per heavy atom. The first-order chi connectivity index (χ1) is 9.61. The zero-order valence-corrected chi connectivity index (χ0v) is 12.6. The van der Waals surface area contributed by atoms with Crippen LogP contribution in [0, 0.1) is 10.8 Å². The zero-order chi connectivity index (χ0) is 14.6. The van der Waals surface area contributed by atoms with Crippen molar-refractivity contribution in [3.05, 3.63) is 12.7 Å². The smallest absolute Gasteiger partial charge is 0.231 e. The number of ether oxygens (including phenoxy) is 1. The van der Waals surface area contributed by atoms with E-state index >= 15 is 0 Å². The van der Waals surface area contributed by atoms with E-state index in [9.17, 15) is 9.90 Å². The van der Waals surface area contributed by atoms with Crippen LogP contribution in [0.2, 0.25) is 0 Å². The van der Waals surface area contributed by atoms with Crippen LogP contribution in [0.4, 0.5) is 0 Å². The predicted octanol–water partition coefficient (Wildman–Crippen LogP) is 1.98. The summed E-state index contributed by atoms with van der Waals surface area (Å²) in [5.41, 5.74) is -0.477. The standard InChI is InChI=1S/C16H27NO3/c1-3-6-15(12-18)7-5-10-17(11-15)14(19)16(13-20-2)8-4-9-16/h3,18H,1,4-13H2,2H3/t15-/m1/s1. The van der Waals surface area contributed by atoms with Gasteiger partial charge in [0.25, 0.3) is 0 Å². The summed E-state index contributed by atoms with van der Waals surface area (Å²) in [6, 6.07) is 0. The molecule has 1 N–H and O–H groups in total. The number of amides is 1. The van der Waals surface area contributed by atoms with Crippen LogP contribution in [0.3, 0.4) is 0 Å². The number of rotatable bonds is 6. The van der Waals surface area contributed by atoms with Crippen LogP contribution in [0.25, 0.3) is 0 Å². The summed E-state index contributed by atoms with van der Waals surface area (Å²) in [6.45, 7) is 5.90. The summed E-state index contributed by atoms with van der Waals surface area (Å²) in [7, 11) is 1.67. The SMILES string of the molecule is C=CC[C@@]1(CO)CCCN(C(=O)C2(COC)CCC2)C1. The number of likely N-dealkylation sites (tertiary alicyclic amines) is 1. The minimum Gasteiger partial charge on any atom is -0.396 e. The van der Waals surface area contributed by atoms with Crippen molar-refractivity contribution in [2.24, 2.45) is 10.8 Å². The summed E-state index contributed by atoms with van der Waals surface area (Å²) in [5.74, 6) is 0.229. The molecular formula is C16H27NO3. The van der Waals surface area contributed by atoms with Crippen LogP contribution < -0.4 is 0 Å². The third-order valence-corrected chi connectivity index (χ3v) is 5.05. The number of hydrogen-bond donors (Lipinski definition) is 1. The highest BCUT2D eigenvalue weighted by atomic mass is 16.5. The topological polar surface area (TPSA) is 49.8 Å². The molecule has 0 aromatic heterocycles. The van der Waals surface area contributed by atoms with Crippen LogP contribution in [0.5, 0.6) is 0 Å².